The Morgan fingerprint density at radius 2 is 1.77 bits per heavy atom. The van der Waals surface area contributed by atoms with Crippen LogP contribution in [0, 0.1) is 0 Å². The number of nitrogens with zero attached hydrogens (tertiary/aromatic N) is 1. The van der Waals surface area contributed by atoms with Gasteiger partial charge in [0.25, 0.3) is 0 Å². The average molecular weight is 305 g/mol. The molecule has 0 radical (unpaired) electrons. The zero-order valence-electron chi connectivity index (χ0n) is 14.2. The van der Waals surface area contributed by atoms with Gasteiger partial charge in [-0.2, -0.15) is 0 Å². The van der Waals surface area contributed by atoms with Gasteiger partial charge in [-0.25, -0.2) is 0 Å². The predicted molar refractivity (Wildman–Crippen MR) is 91.3 cm³/mol. The molecule has 1 aromatic rings. The van der Waals surface area contributed by atoms with Gasteiger partial charge in [0.15, 0.2) is 0 Å². The molecule has 3 heteroatoms. The van der Waals surface area contributed by atoms with Crippen molar-refractivity contribution in [2.75, 3.05) is 26.2 Å². The normalized spacial score (nSPS) is 18.9. The third-order valence-corrected chi connectivity index (χ3v) is 4.74. The van der Waals surface area contributed by atoms with E-state index in [1.165, 1.54) is 32.4 Å². The first-order valence-corrected chi connectivity index (χ1v) is 8.86. The zero-order valence-corrected chi connectivity index (χ0v) is 14.2. The summed E-state index contributed by atoms with van der Waals surface area (Å²) in [6, 6.07) is 7.99. The topological polar surface area (TPSA) is 32.7 Å². The van der Waals surface area contributed by atoms with Crippen LogP contribution in [-0.4, -0.2) is 36.2 Å². The molecule has 1 saturated heterocycles. The molecule has 1 aliphatic rings. The number of hydrogen-bond acceptors (Lipinski definition) is 3. The highest BCUT2D eigenvalue weighted by Gasteiger charge is 2.28. The van der Waals surface area contributed by atoms with Crippen molar-refractivity contribution in [2.45, 2.75) is 58.0 Å². The van der Waals surface area contributed by atoms with E-state index in [1.807, 2.05) is 24.3 Å². The van der Waals surface area contributed by atoms with Gasteiger partial charge in [-0.1, -0.05) is 32.4 Å². The molecule has 0 aromatic heterocycles. The Hall–Kier alpha value is -1.06. The molecule has 0 spiro atoms. The fourth-order valence-electron chi connectivity index (χ4n) is 3.13. The van der Waals surface area contributed by atoms with E-state index in [0.717, 1.165) is 43.7 Å². The molecule has 1 heterocycles. The maximum atomic E-state index is 11.0. The van der Waals surface area contributed by atoms with Gasteiger partial charge >= 0.3 is 0 Å². The zero-order chi connectivity index (χ0) is 15.8. The molecular formula is C19H31NO2. The number of aliphatic hydroxyl groups is 1. The lowest BCUT2D eigenvalue weighted by Crippen LogP contribution is -2.36. The Morgan fingerprint density at radius 3 is 2.36 bits per heavy atom. The third-order valence-electron chi connectivity index (χ3n) is 4.74. The Morgan fingerprint density at radius 1 is 1.09 bits per heavy atom. The van der Waals surface area contributed by atoms with Gasteiger partial charge in [0.1, 0.15) is 5.75 Å². The highest BCUT2D eigenvalue weighted by molar-refractivity contribution is 5.31. The first kappa shape index (κ1) is 17.3. The fraction of sp³-hybridized carbons (Fsp3) is 0.684. The molecule has 0 aliphatic carbocycles. The summed E-state index contributed by atoms with van der Waals surface area (Å²) in [6.07, 6.45) is 6.51. The van der Waals surface area contributed by atoms with E-state index < -0.39 is 5.60 Å². The summed E-state index contributed by atoms with van der Waals surface area (Å²) < 4.78 is 5.62. The molecule has 2 rings (SSSR count). The second-order valence-corrected chi connectivity index (χ2v) is 6.41. The molecule has 0 saturated carbocycles. The molecule has 1 aromatic carbocycles. The molecule has 1 aliphatic heterocycles. The van der Waals surface area contributed by atoms with Crippen molar-refractivity contribution in [1.29, 1.82) is 0 Å². The van der Waals surface area contributed by atoms with Crippen molar-refractivity contribution in [3.63, 3.8) is 0 Å². The summed E-state index contributed by atoms with van der Waals surface area (Å²) in [5, 5.41) is 11.0. The largest absolute Gasteiger partial charge is 0.494 e. The second-order valence-electron chi connectivity index (χ2n) is 6.41. The molecular weight excluding hydrogens is 274 g/mol. The molecule has 22 heavy (non-hydrogen) atoms. The summed E-state index contributed by atoms with van der Waals surface area (Å²) >= 11 is 0. The third kappa shape index (κ3) is 4.72. The number of ether oxygens (including phenoxy) is 1. The van der Waals surface area contributed by atoms with Gasteiger partial charge < -0.3 is 14.7 Å². The second kappa shape index (κ2) is 8.54. The molecule has 0 amide bonds. The highest BCUT2D eigenvalue weighted by Crippen LogP contribution is 2.30. The Balaban J connectivity index is 1.95. The standard InChI is InChI=1S/C19H31NO2/c1-3-16-22-18-10-8-17(9-11-18)19(21,4-2)12-15-20-13-6-5-7-14-20/h8-11,21H,3-7,12-16H2,1-2H3. The van der Waals surface area contributed by atoms with Crippen LogP contribution in [0.1, 0.15) is 57.9 Å². The van der Waals surface area contributed by atoms with Gasteiger partial charge in [0, 0.05) is 6.54 Å². The van der Waals surface area contributed by atoms with Crippen LogP contribution < -0.4 is 4.74 Å². The quantitative estimate of drug-likeness (QED) is 0.789. The van der Waals surface area contributed by atoms with Gasteiger partial charge in [-0.05, 0) is 62.9 Å². The van der Waals surface area contributed by atoms with Crippen LogP contribution in [0.25, 0.3) is 0 Å². The number of piperidine rings is 1. The molecule has 1 fully saturated rings. The molecule has 1 atom stereocenters. The van der Waals surface area contributed by atoms with Crippen LogP contribution >= 0.6 is 0 Å². The van der Waals surface area contributed by atoms with Crippen molar-refractivity contribution >= 4 is 0 Å². The van der Waals surface area contributed by atoms with Crippen molar-refractivity contribution in [1.82, 2.24) is 4.90 Å². The van der Waals surface area contributed by atoms with Gasteiger partial charge in [-0.15, -0.1) is 0 Å². The van der Waals surface area contributed by atoms with Gasteiger partial charge in [0.2, 0.25) is 0 Å². The number of rotatable bonds is 8. The van der Waals surface area contributed by atoms with Crippen LogP contribution in [-0.2, 0) is 5.60 Å². The monoisotopic (exact) mass is 305 g/mol. The summed E-state index contributed by atoms with van der Waals surface area (Å²) in [6.45, 7) is 8.26. The smallest absolute Gasteiger partial charge is 0.119 e. The first-order chi connectivity index (χ1) is 10.7. The Kier molecular flexibility index (Phi) is 6.71. The van der Waals surface area contributed by atoms with E-state index in [2.05, 4.69) is 18.7 Å². The van der Waals surface area contributed by atoms with E-state index in [-0.39, 0.29) is 0 Å². The van der Waals surface area contributed by atoms with Crippen LogP contribution in [0.5, 0.6) is 5.75 Å². The molecule has 1 N–H and O–H groups in total. The molecule has 3 nitrogen and oxygen atoms in total. The average Bonchev–Trinajstić information content (AvgIpc) is 2.59. The lowest BCUT2D eigenvalue weighted by molar-refractivity contribution is 0.0115. The summed E-state index contributed by atoms with van der Waals surface area (Å²) in [4.78, 5) is 2.49. The number of benzene rings is 1. The van der Waals surface area contributed by atoms with Crippen molar-refractivity contribution in [3.8, 4) is 5.75 Å². The predicted octanol–water partition coefficient (Wildman–Crippen LogP) is 3.95. The lowest BCUT2D eigenvalue weighted by atomic mass is 9.87. The lowest BCUT2D eigenvalue weighted by Gasteiger charge is -2.32. The highest BCUT2D eigenvalue weighted by atomic mass is 16.5. The SMILES string of the molecule is CCCOc1ccc(C(O)(CC)CCN2CCCCC2)cc1. The van der Waals surface area contributed by atoms with Crippen LogP contribution in [0.15, 0.2) is 24.3 Å². The number of hydrogen-bond donors (Lipinski definition) is 1. The minimum Gasteiger partial charge on any atom is -0.494 e. The summed E-state index contributed by atoms with van der Waals surface area (Å²) in [5.74, 6) is 0.889. The van der Waals surface area contributed by atoms with Crippen LogP contribution in [0.4, 0.5) is 0 Å². The van der Waals surface area contributed by atoms with Crippen LogP contribution in [0.3, 0.4) is 0 Å². The van der Waals surface area contributed by atoms with E-state index in [0.29, 0.717) is 0 Å². The van der Waals surface area contributed by atoms with Gasteiger partial charge in [-0.3, -0.25) is 0 Å². The van der Waals surface area contributed by atoms with Crippen molar-refractivity contribution in [3.05, 3.63) is 29.8 Å². The van der Waals surface area contributed by atoms with Crippen molar-refractivity contribution < 1.29 is 9.84 Å². The molecule has 1 unspecified atom stereocenters. The summed E-state index contributed by atoms with van der Waals surface area (Å²) in [7, 11) is 0. The van der Waals surface area contributed by atoms with E-state index in [1.54, 1.807) is 0 Å². The molecule has 0 bridgehead atoms. The minimum absolute atomic E-state index is 0.721. The van der Waals surface area contributed by atoms with E-state index in [4.69, 9.17) is 4.74 Å². The van der Waals surface area contributed by atoms with Crippen LogP contribution in [0.2, 0.25) is 0 Å². The van der Waals surface area contributed by atoms with E-state index >= 15 is 0 Å². The van der Waals surface area contributed by atoms with E-state index in [9.17, 15) is 5.11 Å². The Labute approximate surface area is 135 Å². The maximum Gasteiger partial charge on any atom is 0.119 e. The fourth-order valence-corrected chi connectivity index (χ4v) is 3.13. The van der Waals surface area contributed by atoms with Gasteiger partial charge in [0.05, 0.1) is 12.2 Å². The summed E-state index contributed by atoms with van der Waals surface area (Å²) in [5.41, 5.74) is 0.289. The minimum atomic E-state index is -0.721. The number of likely N-dealkylation sites (tertiary alicyclic amines) is 1. The first-order valence-electron chi connectivity index (χ1n) is 8.86. The Bertz CT molecular complexity index is 426. The van der Waals surface area contributed by atoms with Crippen molar-refractivity contribution in [2.24, 2.45) is 0 Å². The maximum absolute atomic E-state index is 11.0. The molecule has 124 valence electrons.